The van der Waals surface area contributed by atoms with Gasteiger partial charge in [0.15, 0.2) is 5.82 Å². The lowest BCUT2D eigenvalue weighted by atomic mass is 10.0. The second-order valence-corrected chi connectivity index (χ2v) is 3.72. The number of nitrogens with one attached hydrogen (secondary N) is 1. The van der Waals surface area contributed by atoms with Crippen molar-refractivity contribution in [2.24, 2.45) is 18.7 Å². The van der Waals surface area contributed by atoms with Crippen molar-refractivity contribution in [3.63, 3.8) is 0 Å². The molecule has 0 saturated heterocycles. The summed E-state index contributed by atoms with van der Waals surface area (Å²) in [6, 6.07) is -0.149. The fourth-order valence-electron chi connectivity index (χ4n) is 1.03. The number of hydrogen-bond acceptors (Lipinski definition) is 4. The Bertz CT molecular complexity index is 333. The third kappa shape index (κ3) is 3.02. The van der Waals surface area contributed by atoms with Crippen molar-refractivity contribution in [2.45, 2.75) is 26.4 Å². The second kappa shape index (κ2) is 4.88. The maximum absolute atomic E-state index is 11.5. The molecule has 0 radical (unpaired) electrons. The Morgan fingerprint density at radius 2 is 2.33 bits per heavy atom. The molecule has 0 spiro atoms. The number of aryl methyl sites for hydroxylation is 1. The minimum absolute atomic E-state index is 0.0620. The van der Waals surface area contributed by atoms with E-state index in [0.717, 1.165) is 5.82 Å². The second-order valence-electron chi connectivity index (χ2n) is 3.72. The molecule has 0 aromatic carbocycles. The number of hydrogen-bond donors (Lipinski definition) is 2. The maximum Gasteiger partial charge on any atom is 0.224 e. The number of aromatic nitrogens is 3. The molecule has 1 amide bonds. The van der Waals surface area contributed by atoms with Gasteiger partial charge in [0.25, 0.3) is 0 Å². The highest BCUT2D eigenvalue weighted by molar-refractivity contribution is 5.78. The van der Waals surface area contributed by atoms with Crippen LogP contribution in [0, 0.1) is 5.92 Å². The summed E-state index contributed by atoms with van der Waals surface area (Å²) in [7, 11) is 1.83. The van der Waals surface area contributed by atoms with Crippen molar-refractivity contribution in [2.75, 3.05) is 0 Å². The molecular weight excluding hydrogens is 194 g/mol. The van der Waals surface area contributed by atoms with E-state index in [1.54, 1.807) is 17.8 Å². The molecule has 0 fully saturated rings. The lowest BCUT2D eigenvalue weighted by Gasteiger charge is -2.14. The first-order chi connectivity index (χ1) is 7.02. The lowest BCUT2D eigenvalue weighted by molar-refractivity contribution is -0.125. The molecule has 0 aliphatic carbocycles. The van der Waals surface area contributed by atoms with Crippen LogP contribution in [-0.4, -0.2) is 26.7 Å². The molecular formula is C9H17N5O. The Morgan fingerprint density at radius 3 is 2.80 bits per heavy atom. The van der Waals surface area contributed by atoms with Crippen LogP contribution in [0.1, 0.15) is 19.7 Å². The number of carbonyl (C=O) groups is 1. The fraction of sp³-hybridized carbons (Fsp3) is 0.667. The first-order valence-corrected chi connectivity index (χ1v) is 4.88. The maximum atomic E-state index is 11.5. The summed E-state index contributed by atoms with van der Waals surface area (Å²) in [6.07, 6.45) is 1.59. The van der Waals surface area contributed by atoms with Crippen molar-refractivity contribution in [1.82, 2.24) is 20.1 Å². The molecule has 15 heavy (non-hydrogen) atoms. The van der Waals surface area contributed by atoms with Crippen molar-refractivity contribution in [3.8, 4) is 0 Å². The van der Waals surface area contributed by atoms with Gasteiger partial charge >= 0.3 is 0 Å². The first kappa shape index (κ1) is 11.6. The molecule has 1 rings (SSSR count). The smallest absolute Gasteiger partial charge is 0.224 e. The highest BCUT2D eigenvalue weighted by Crippen LogP contribution is 2.00. The normalized spacial score (nSPS) is 14.7. The number of nitrogens with zero attached hydrogens (tertiary/aromatic N) is 3. The molecule has 1 aromatic heterocycles. The highest BCUT2D eigenvalue weighted by atomic mass is 16.1. The molecule has 1 aromatic rings. The van der Waals surface area contributed by atoms with Crippen LogP contribution in [0.5, 0.6) is 0 Å². The Hall–Kier alpha value is -1.43. The first-order valence-electron chi connectivity index (χ1n) is 4.88. The number of nitrogens with two attached hydrogens (primary N) is 1. The Labute approximate surface area is 88.9 Å². The zero-order chi connectivity index (χ0) is 11.4. The number of amides is 1. The van der Waals surface area contributed by atoms with Crippen LogP contribution < -0.4 is 11.1 Å². The van der Waals surface area contributed by atoms with Gasteiger partial charge in [0.2, 0.25) is 5.91 Å². The van der Waals surface area contributed by atoms with Gasteiger partial charge in [0, 0.05) is 19.0 Å². The van der Waals surface area contributed by atoms with E-state index in [-0.39, 0.29) is 17.9 Å². The third-order valence-electron chi connectivity index (χ3n) is 2.43. The molecule has 0 saturated carbocycles. The quantitative estimate of drug-likeness (QED) is 0.697. The van der Waals surface area contributed by atoms with Gasteiger partial charge in [0.05, 0.1) is 6.54 Å². The molecule has 6 heteroatoms. The SMILES string of the molecule is CC(N)C(C)C(=O)NCc1nncn1C. The van der Waals surface area contributed by atoms with Crippen LogP contribution in [0.15, 0.2) is 6.33 Å². The molecule has 6 nitrogen and oxygen atoms in total. The van der Waals surface area contributed by atoms with Crippen LogP contribution in [0.25, 0.3) is 0 Å². The Kier molecular flexibility index (Phi) is 3.79. The van der Waals surface area contributed by atoms with E-state index in [2.05, 4.69) is 15.5 Å². The average molecular weight is 211 g/mol. The number of rotatable bonds is 4. The average Bonchev–Trinajstić information content (AvgIpc) is 2.59. The zero-order valence-corrected chi connectivity index (χ0v) is 9.27. The Balaban J connectivity index is 2.44. The summed E-state index contributed by atoms with van der Waals surface area (Å²) >= 11 is 0. The number of carbonyl (C=O) groups excluding carboxylic acids is 1. The van der Waals surface area contributed by atoms with Gasteiger partial charge in [-0.2, -0.15) is 0 Å². The molecule has 0 aliphatic heterocycles. The summed E-state index contributed by atoms with van der Waals surface area (Å²) < 4.78 is 1.76. The minimum Gasteiger partial charge on any atom is -0.349 e. The highest BCUT2D eigenvalue weighted by Gasteiger charge is 2.16. The zero-order valence-electron chi connectivity index (χ0n) is 9.27. The van der Waals surface area contributed by atoms with Gasteiger partial charge < -0.3 is 15.6 Å². The van der Waals surface area contributed by atoms with E-state index in [4.69, 9.17) is 5.73 Å². The van der Waals surface area contributed by atoms with Crippen LogP contribution in [0.2, 0.25) is 0 Å². The molecule has 84 valence electrons. The standard InChI is InChI=1S/C9H17N5O/c1-6(7(2)10)9(15)11-4-8-13-12-5-14(8)3/h5-7H,4,10H2,1-3H3,(H,11,15). The largest absolute Gasteiger partial charge is 0.349 e. The van der Waals surface area contributed by atoms with Crippen molar-refractivity contribution in [1.29, 1.82) is 0 Å². The summed E-state index contributed by atoms with van der Waals surface area (Å²) in [6.45, 7) is 4.00. The Morgan fingerprint density at radius 1 is 1.67 bits per heavy atom. The van der Waals surface area contributed by atoms with E-state index >= 15 is 0 Å². The summed E-state index contributed by atoms with van der Waals surface area (Å²) in [5.74, 6) is 0.464. The van der Waals surface area contributed by atoms with E-state index in [0.29, 0.717) is 6.54 Å². The van der Waals surface area contributed by atoms with Gasteiger partial charge in [0.1, 0.15) is 6.33 Å². The van der Waals surface area contributed by atoms with E-state index < -0.39 is 0 Å². The van der Waals surface area contributed by atoms with Crippen LogP contribution in [-0.2, 0) is 18.4 Å². The van der Waals surface area contributed by atoms with Gasteiger partial charge in [-0.1, -0.05) is 6.92 Å². The topological polar surface area (TPSA) is 85.8 Å². The monoisotopic (exact) mass is 211 g/mol. The predicted octanol–water partition coefficient (Wildman–Crippen LogP) is -0.585. The molecule has 0 bridgehead atoms. The van der Waals surface area contributed by atoms with E-state index in [9.17, 15) is 4.79 Å². The van der Waals surface area contributed by atoms with Crippen LogP contribution in [0.3, 0.4) is 0 Å². The lowest BCUT2D eigenvalue weighted by Crippen LogP contribution is -2.38. The van der Waals surface area contributed by atoms with Crippen LogP contribution in [0.4, 0.5) is 0 Å². The van der Waals surface area contributed by atoms with Gasteiger partial charge in [-0.25, -0.2) is 0 Å². The van der Waals surface area contributed by atoms with Gasteiger partial charge in [-0.05, 0) is 6.92 Å². The minimum atomic E-state index is -0.196. The van der Waals surface area contributed by atoms with Crippen LogP contribution >= 0.6 is 0 Å². The summed E-state index contributed by atoms with van der Waals surface area (Å²) in [5, 5.41) is 10.3. The molecule has 2 unspecified atom stereocenters. The summed E-state index contributed by atoms with van der Waals surface area (Å²) in [4.78, 5) is 11.5. The van der Waals surface area contributed by atoms with Crippen molar-refractivity contribution >= 4 is 5.91 Å². The molecule has 3 N–H and O–H groups in total. The predicted molar refractivity (Wildman–Crippen MR) is 55.7 cm³/mol. The van der Waals surface area contributed by atoms with Gasteiger partial charge in [-0.3, -0.25) is 4.79 Å². The fourth-order valence-corrected chi connectivity index (χ4v) is 1.03. The van der Waals surface area contributed by atoms with E-state index in [1.807, 2.05) is 14.0 Å². The van der Waals surface area contributed by atoms with Crippen molar-refractivity contribution in [3.05, 3.63) is 12.2 Å². The van der Waals surface area contributed by atoms with E-state index in [1.165, 1.54) is 0 Å². The molecule has 0 aliphatic rings. The third-order valence-corrected chi connectivity index (χ3v) is 2.43. The van der Waals surface area contributed by atoms with Crippen molar-refractivity contribution < 1.29 is 4.79 Å². The van der Waals surface area contributed by atoms with Gasteiger partial charge in [-0.15, -0.1) is 10.2 Å². The summed E-state index contributed by atoms with van der Waals surface area (Å²) in [5.41, 5.74) is 5.62. The molecule has 2 atom stereocenters. The molecule has 1 heterocycles.